The molecule has 0 aliphatic heterocycles. The van der Waals surface area contributed by atoms with Crippen LogP contribution in [-0.2, 0) is 19.3 Å². The van der Waals surface area contributed by atoms with Crippen LogP contribution in [0.3, 0.4) is 0 Å². The highest BCUT2D eigenvalue weighted by molar-refractivity contribution is 5.74. The van der Waals surface area contributed by atoms with Gasteiger partial charge in [-0.3, -0.25) is 0 Å². The zero-order valence-electron chi connectivity index (χ0n) is 19.7. The molecule has 0 amide bonds. The van der Waals surface area contributed by atoms with Gasteiger partial charge in [0.2, 0.25) is 0 Å². The maximum atomic E-state index is 15.2. The molecule has 1 nitrogen and oxygen atoms in total. The van der Waals surface area contributed by atoms with Crippen LogP contribution in [0, 0.1) is 5.82 Å². The predicted molar refractivity (Wildman–Crippen MR) is 135 cm³/mol. The monoisotopic (exact) mass is 432 g/mol. The molecule has 0 spiro atoms. The molecular formula is C30H37FO. The molecule has 0 unspecified atom stereocenters. The number of unbranched alkanes of at least 4 members (excludes halogenated alkanes) is 4. The van der Waals surface area contributed by atoms with E-state index in [0.717, 1.165) is 35.1 Å². The maximum Gasteiger partial charge on any atom is 0.131 e. The van der Waals surface area contributed by atoms with Gasteiger partial charge in [0.05, 0.1) is 0 Å². The Labute approximate surface area is 193 Å². The Morgan fingerprint density at radius 1 is 0.625 bits per heavy atom. The SMILES string of the molecule is CCCCCc1ccc(-c2cc(CCO)c(-c3ccc(CCCCC)cc3)cc2F)cc1. The second kappa shape index (κ2) is 12.6. The van der Waals surface area contributed by atoms with Gasteiger partial charge < -0.3 is 5.11 Å². The molecule has 1 N–H and O–H groups in total. The van der Waals surface area contributed by atoms with E-state index in [1.165, 1.54) is 49.7 Å². The smallest absolute Gasteiger partial charge is 0.131 e. The quantitative estimate of drug-likeness (QED) is 0.286. The highest BCUT2D eigenvalue weighted by Gasteiger charge is 2.13. The van der Waals surface area contributed by atoms with Crippen molar-refractivity contribution in [2.45, 2.75) is 71.6 Å². The van der Waals surface area contributed by atoms with Gasteiger partial charge in [-0.05, 0) is 77.6 Å². The summed E-state index contributed by atoms with van der Waals surface area (Å²) in [6, 6.07) is 20.3. The van der Waals surface area contributed by atoms with Crippen LogP contribution >= 0.6 is 0 Å². The van der Waals surface area contributed by atoms with Crippen molar-refractivity contribution in [3.8, 4) is 22.3 Å². The van der Waals surface area contributed by atoms with Crippen LogP contribution in [0.15, 0.2) is 60.7 Å². The zero-order valence-corrected chi connectivity index (χ0v) is 19.7. The number of aliphatic hydroxyl groups is 1. The van der Waals surface area contributed by atoms with Crippen LogP contribution in [0.5, 0.6) is 0 Å². The summed E-state index contributed by atoms with van der Waals surface area (Å²) < 4.78 is 15.2. The lowest BCUT2D eigenvalue weighted by Gasteiger charge is -2.14. The standard InChI is InChI=1S/C30H37FO/c1-3-5-7-9-23-11-15-25(16-12-23)28-22-30(31)29(21-27(28)19-20-32)26-17-13-24(14-18-26)10-8-6-4-2/h11-18,21-22,32H,3-10,19-20H2,1-2H3. The molecule has 0 saturated heterocycles. The molecule has 0 aliphatic rings. The molecule has 3 rings (SSSR count). The number of aryl methyl sites for hydroxylation is 2. The summed E-state index contributed by atoms with van der Waals surface area (Å²) in [7, 11) is 0. The second-order valence-corrected chi connectivity index (χ2v) is 8.77. The van der Waals surface area contributed by atoms with Gasteiger partial charge >= 0.3 is 0 Å². The number of benzene rings is 3. The van der Waals surface area contributed by atoms with E-state index in [4.69, 9.17) is 0 Å². The molecule has 0 heterocycles. The van der Waals surface area contributed by atoms with Crippen molar-refractivity contribution in [3.63, 3.8) is 0 Å². The topological polar surface area (TPSA) is 20.2 Å². The van der Waals surface area contributed by atoms with Gasteiger partial charge in [-0.2, -0.15) is 0 Å². The van der Waals surface area contributed by atoms with Crippen molar-refractivity contribution < 1.29 is 9.50 Å². The normalized spacial score (nSPS) is 11.1. The largest absolute Gasteiger partial charge is 0.396 e. The summed E-state index contributed by atoms with van der Waals surface area (Å²) in [6.07, 6.45) is 9.97. The van der Waals surface area contributed by atoms with Gasteiger partial charge in [0.1, 0.15) is 5.82 Å². The predicted octanol–water partition coefficient (Wildman–Crippen LogP) is 8.16. The van der Waals surface area contributed by atoms with Gasteiger partial charge in [-0.25, -0.2) is 4.39 Å². The molecule has 0 radical (unpaired) electrons. The number of aliphatic hydroxyl groups excluding tert-OH is 1. The van der Waals surface area contributed by atoms with Gasteiger partial charge in [-0.15, -0.1) is 0 Å². The van der Waals surface area contributed by atoms with E-state index in [9.17, 15) is 5.11 Å². The Balaban J connectivity index is 1.84. The Hall–Kier alpha value is -2.45. The van der Waals surface area contributed by atoms with Crippen molar-refractivity contribution in [3.05, 3.63) is 83.2 Å². The van der Waals surface area contributed by atoms with E-state index < -0.39 is 0 Å². The average molecular weight is 433 g/mol. The van der Waals surface area contributed by atoms with E-state index in [-0.39, 0.29) is 12.4 Å². The molecule has 170 valence electrons. The minimum atomic E-state index is -0.215. The lowest BCUT2D eigenvalue weighted by molar-refractivity contribution is 0.300. The molecule has 3 aromatic carbocycles. The Bertz CT molecular complexity index is 957. The third-order valence-corrected chi connectivity index (χ3v) is 6.24. The third-order valence-electron chi connectivity index (χ3n) is 6.24. The van der Waals surface area contributed by atoms with Gasteiger partial charge in [-0.1, -0.05) is 88.1 Å². The number of hydrogen-bond donors (Lipinski definition) is 1. The molecular weight excluding hydrogens is 395 g/mol. The summed E-state index contributed by atoms with van der Waals surface area (Å²) in [4.78, 5) is 0. The summed E-state index contributed by atoms with van der Waals surface area (Å²) >= 11 is 0. The van der Waals surface area contributed by atoms with Crippen molar-refractivity contribution in [2.24, 2.45) is 0 Å². The van der Waals surface area contributed by atoms with Crippen LogP contribution in [0.25, 0.3) is 22.3 Å². The van der Waals surface area contributed by atoms with Gasteiger partial charge in [0, 0.05) is 12.2 Å². The van der Waals surface area contributed by atoms with Crippen LogP contribution in [-0.4, -0.2) is 11.7 Å². The molecule has 0 atom stereocenters. The minimum Gasteiger partial charge on any atom is -0.396 e. The first-order chi connectivity index (χ1) is 15.7. The summed E-state index contributed by atoms with van der Waals surface area (Å²) in [6.45, 7) is 4.47. The molecule has 32 heavy (non-hydrogen) atoms. The number of hydrogen-bond acceptors (Lipinski definition) is 1. The first-order valence-corrected chi connectivity index (χ1v) is 12.3. The van der Waals surface area contributed by atoms with Gasteiger partial charge in [0.25, 0.3) is 0 Å². The fourth-order valence-electron chi connectivity index (χ4n) is 4.30. The second-order valence-electron chi connectivity index (χ2n) is 8.77. The minimum absolute atomic E-state index is 0.0452. The first kappa shape index (κ1) is 24.2. The van der Waals surface area contributed by atoms with E-state index in [2.05, 4.69) is 50.2 Å². The van der Waals surface area contributed by atoms with Crippen molar-refractivity contribution in [1.29, 1.82) is 0 Å². The van der Waals surface area contributed by atoms with E-state index >= 15 is 4.39 Å². The molecule has 0 aliphatic carbocycles. The zero-order chi connectivity index (χ0) is 22.8. The highest BCUT2D eigenvalue weighted by Crippen LogP contribution is 2.32. The fraction of sp³-hybridized carbons (Fsp3) is 0.400. The van der Waals surface area contributed by atoms with Crippen molar-refractivity contribution in [2.75, 3.05) is 6.61 Å². The fourth-order valence-corrected chi connectivity index (χ4v) is 4.30. The maximum absolute atomic E-state index is 15.2. The number of rotatable bonds is 12. The van der Waals surface area contributed by atoms with E-state index in [0.29, 0.717) is 12.0 Å². The average Bonchev–Trinajstić information content (AvgIpc) is 2.81. The molecule has 0 bridgehead atoms. The van der Waals surface area contributed by atoms with Crippen molar-refractivity contribution >= 4 is 0 Å². The Morgan fingerprint density at radius 2 is 1.12 bits per heavy atom. The van der Waals surface area contributed by atoms with Crippen LogP contribution in [0.2, 0.25) is 0 Å². The first-order valence-electron chi connectivity index (χ1n) is 12.3. The lowest BCUT2D eigenvalue weighted by atomic mass is 9.92. The highest BCUT2D eigenvalue weighted by atomic mass is 19.1. The van der Waals surface area contributed by atoms with Crippen LogP contribution < -0.4 is 0 Å². The van der Waals surface area contributed by atoms with E-state index in [1.54, 1.807) is 6.07 Å². The molecule has 3 aromatic rings. The Morgan fingerprint density at radius 3 is 1.59 bits per heavy atom. The number of halogens is 1. The Kier molecular flexibility index (Phi) is 9.49. The van der Waals surface area contributed by atoms with Crippen molar-refractivity contribution in [1.82, 2.24) is 0 Å². The van der Waals surface area contributed by atoms with Gasteiger partial charge in [0.15, 0.2) is 0 Å². The van der Waals surface area contributed by atoms with Crippen LogP contribution in [0.4, 0.5) is 4.39 Å². The lowest BCUT2D eigenvalue weighted by Crippen LogP contribution is -1.98. The summed E-state index contributed by atoms with van der Waals surface area (Å²) in [5.41, 5.74) is 6.97. The third kappa shape index (κ3) is 6.53. The molecule has 0 saturated carbocycles. The summed E-state index contributed by atoms with van der Waals surface area (Å²) in [5.74, 6) is -0.215. The van der Waals surface area contributed by atoms with Crippen LogP contribution in [0.1, 0.15) is 69.1 Å². The van der Waals surface area contributed by atoms with E-state index in [1.807, 2.05) is 18.2 Å². The summed E-state index contributed by atoms with van der Waals surface area (Å²) in [5, 5.41) is 9.63. The molecule has 0 aromatic heterocycles. The molecule has 0 fully saturated rings. The molecule has 2 heteroatoms.